The third kappa shape index (κ3) is 17.0. The van der Waals surface area contributed by atoms with Crippen LogP contribution in [0.25, 0.3) is 0 Å². The van der Waals surface area contributed by atoms with Crippen LogP contribution < -0.4 is 0 Å². The fourth-order valence-electron chi connectivity index (χ4n) is 13.6. The number of allylic oxidation sites excluding steroid dienone is 5. The molecule has 4 aliphatic carbocycles. The van der Waals surface area contributed by atoms with Gasteiger partial charge in [-0.1, -0.05) is 174 Å². The Labute approximate surface area is 370 Å². The van der Waals surface area contributed by atoms with Crippen molar-refractivity contribution >= 4 is 0 Å². The van der Waals surface area contributed by atoms with E-state index in [1.165, 1.54) is 199 Å². The molecule has 0 saturated heterocycles. The lowest BCUT2D eigenvalue weighted by atomic mass is 9.47. The van der Waals surface area contributed by atoms with Crippen molar-refractivity contribution in [3.05, 3.63) is 36.0 Å². The van der Waals surface area contributed by atoms with Crippen LogP contribution in [0.1, 0.15) is 241 Å². The monoisotopic (exact) mass is 818 g/mol. The predicted octanol–water partition coefficient (Wildman–Crippen LogP) is 17.5. The first-order valence-corrected chi connectivity index (χ1v) is 26.8. The molecule has 0 N–H and O–H groups in total. The summed E-state index contributed by atoms with van der Waals surface area (Å²) in [6.45, 7) is 17.4. The van der Waals surface area contributed by atoms with E-state index in [9.17, 15) is 0 Å². The fourth-order valence-corrected chi connectivity index (χ4v) is 13.6. The summed E-state index contributed by atoms with van der Waals surface area (Å²) < 4.78 is 6.66. The van der Waals surface area contributed by atoms with Gasteiger partial charge in [0.05, 0.1) is 6.10 Å². The van der Waals surface area contributed by atoms with Crippen molar-refractivity contribution in [3.8, 4) is 0 Å². The summed E-state index contributed by atoms with van der Waals surface area (Å²) in [6.07, 6.45) is 55.6. The Kier molecular flexibility index (Phi) is 24.1. The summed E-state index contributed by atoms with van der Waals surface area (Å²) in [5.74, 6) is 6.42. The lowest BCUT2D eigenvalue weighted by molar-refractivity contribution is -0.0641. The summed E-state index contributed by atoms with van der Waals surface area (Å²) in [6, 6.07) is 0. The summed E-state index contributed by atoms with van der Waals surface area (Å²) in [7, 11) is 4.54. The number of rotatable bonds is 32. The minimum Gasteiger partial charge on any atom is -0.378 e. The average molecular weight is 818 g/mol. The van der Waals surface area contributed by atoms with Gasteiger partial charge in [0.1, 0.15) is 0 Å². The molecule has 0 spiro atoms. The van der Waals surface area contributed by atoms with Crippen molar-refractivity contribution in [3.63, 3.8) is 0 Å². The molecule has 2 heteroatoms. The minimum absolute atomic E-state index is 0.441. The largest absolute Gasteiger partial charge is 0.378 e. The molecule has 6 unspecified atom stereocenters. The number of unbranched alkanes of at least 4 members (excludes halogenated alkanes) is 14. The highest BCUT2D eigenvalue weighted by Gasteiger charge is 2.59. The Morgan fingerprint density at radius 3 is 1.98 bits per heavy atom. The van der Waals surface area contributed by atoms with Gasteiger partial charge in [-0.3, -0.25) is 0 Å². The summed E-state index contributed by atoms with van der Waals surface area (Å²) in [5.41, 5.74) is 2.83. The zero-order valence-corrected chi connectivity index (χ0v) is 41.2. The third-order valence-corrected chi connectivity index (χ3v) is 17.1. The molecule has 2 nitrogen and oxygen atoms in total. The molecule has 59 heavy (non-hydrogen) atoms. The van der Waals surface area contributed by atoms with Crippen molar-refractivity contribution in [1.29, 1.82) is 0 Å². The van der Waals surface area contributed by atoms with Gasteiger partial charge in [0.25, 0.3) is 0 Å². The van der Waals surface area contributed by atoms with Gasteiger partial charge >= 0.3 is 0 Å². The van der Waals surface area contributed by atoms with Crippen LogP contribution in [0.3, 0.4) is 0 Å². The second-order valence-electron chi connectivity index (χ2n) is 22.4. The van der Waals surface area contributed by atoms with Crippen LogP contribution in [0.15, 0.2) is 36.0 Å². The molecule has 0 bridgehead atoms. The van der Waals surface area contributed by atoms with E-state index in [1.807, 2.05) is 0 Å². The van der Waals surface area contributed by atoms with E-state index in [2.05, 4.69) is 90.9 Å². The van der Waals surface area contributed by atoms with Crippen LogP contribution in [0.2, 0.25) is 0 Å². The van der Waals surface area contributed by atoms with Crippen LogP contribution >= 0.6 is 0 Å². The van der Waals surface area contributed by atoms with Gasteiger partial charge < -0.3 is 9.64 Å². The maximum absolute atomic E-state index is 6.66. The third-order valence-electron chi connectivity index (χ3n) is 17.1. The molecular formula is C57H103NO. The number of hydrogen-bond donors (Lipinski definition) is 0. The van der Waals surface area contributed by atoms with Crippen LogP contribution in [-0.4, -0.2) is 38.3 Å². The van der Waals surface area contributed by atoms with Gasteiger partial charge in [-0.05, 0) is 169 Å². The van der Waals surface area contributed by atoms with Crippen LogP contribution in [0.5, 0.6) is 0 Å². The van der Waals surface area contributed by atoms with E-state index in [0.717, 1.165) is 54.5 Å². The highest BCUT2D eigenvalue weighted by Crippen LogP contribution is 2.67. The van der Waals surface area contributed by atoms with Gasteiger partial charge in [-0.25, -0.2) is 0 Å². The Balaban J connectivity index is 1.02. The van der Waals surface area contributed by atoms with Crippen molar-refractivity contribution in [2.45, 2.75) is 247 Å². The van der Waals surface area contributed by atoms with Crippen molar-refractivity contribution in [2.24, 2.45) is 52.3 Å². The molecule has 0 amide bonds. The molecule has 0 radical (unpaired) electrons. The van der Waals surface area contributed by atoms with Gasteiger partial charge in [-0.2, -0.15) is 0 Å². The maximum Gasteiger partial charge on any atom is 0.0612 e. The molecule has 0 aromatic heterocycles. The highest BCUT2D eigenvalue weighted by molar-refractivity contribution is 5.25. The predicted molar refractivity (Wildman–Crippen MR) is 261 cm³/mol. The van der Waals surface area contributed by atoms with Crippen LogP contribution in [-0.2, 0) is 4.74 Å². The van der Waals surface area contributed by atoms with Gasteiger partial charge in [0.2, 0.25) is 0 Å². The zero-order chi connectivity index (χ0) is 42.4. The van der Waals surface area contributed by atoms with Crippen molar-refractivity contribution < 1.29 is 4.74 Å². The molecule has 3 fully saturated rings. The normalized spacial score (nSPS) is 29.3. The first kappa shape index (κ1) is 50.8. The molecule has 3 saturated carbocycles. The van der Waals surface area contributed by atoms with Gasteiger partial charge in [-0.15, -0.1) is 0 Å². The molecular weight excluding hydrogens is 715 g/mol. The second kappa shape index (κ2) is 28.0. The second-order valence-corrected chi connectivity index (χ2v) is 22.4. The molecule has 342 valence electrons. The number of fused-ring (bicyclic) bond motifs is 5. The summed E-state index contributed by atoms with van der Waals surface area (Å²) >= 11 is 0. The summed E-state index contributed by atoms with van der Waals surface area (Å²) in [4.78, 5) is 2.43. The Morgan fingerprint density at radius 2 is 1.32 bits per heavy atom. The minimum atomic E-state index is 0.441. The molecule has 0 heterocycles. The van der Waals surface area contributed by atoms with E-state index < -0.39 is 0 Å². The Morgan fingerprint density at radius 1 is 0.678 bits per heavy atom. The standard InChI is InChI=1S/C57H103NO/c1-9-10-11-12-13-14-15-16-17-18-19-20-21-22-23-24-25-28-34-49(46-58(7)8)35-29-26-27-30-44-59-51-40-42-56(5)50(45-51)36-37-52-54-39-38-53(48(4)33-31-32-47(2)3)57(54,6)43-41-55(52)56/h13-14,16-17,36,47-49,51-55H,9-12,15,18-35,37-46H2,1-8H3/b14-13-,17-16-/t48?,49?,51-,52?,53?,54?,55?,56-,57+/m0/s1. The smallest absolute Gasteiger partial charge is 0.0612 e. The van der Waals surface area contributed by atoms with Gasteiger partial charge in [0, 0.05) is 13.2 Å². The molecule has 4 aliphatic rings. The van der Waals surface area contributed by atoms with Crippen molar-refractivity contribution in [1.82, 2.24) is 4.90 Å². The summed E-state index contributed by atoms with van der Waals surface area (Å²) in [5, 5.41) is 0. The molecule has 0 aromatic carbocycles. The van der Waals surface area contributed by atoms with Crippen LogP contribution in [0.4, 0.5) is 0 Å². The van der Waals surface area contributed by atoms with E-state index in [4.69, 9.17) is 4.74 Å². The zero-order valence-electron chi connectivity index (χ0n) is 41.2. The Bertz CT molecular complexity index is 1180. The number of ether oxygens (including phenoxy) is 1. The molecule has 4 rings (SSSR count). The van der Waals surface area contributed by atoms with E-state index in [1.54, 1.807) is 5.57 Å². The molecule has 0 aliphatic heterocycles. The topological polar surface area (TPSA) is 12.5 Å². The quantitative estimate of drug-likeness (QED) is 0.0495. The number of nitrogens with zero attached hydrogens (tertiary/aromatic N) is 1. The first-order chi connectivity index (χ1) is 28.6. The lowest BCUT2D eigenvalue weighted by Crippen LogP contribution is -2.51. The SMILES string of the molecule is CCCCC/C=C\C/C=C\CCCCCCCCCCC(CCCCCCO[C@H]1CC[C@@]2(C)C(=CCC3C4CCC(C(C)CCCC(C)C)[C@@]4(C)CCC32)C1)CN(C)C. The lowest BCUT2D eigenvalue weighted by Gasteiger charge is -2.58. The van der Waals surface area contributed by atoms with Gasteiger partial charge in [0.15, 0.2) is 0 Å². The molecule has 9 atom stereocenters. The maximum atomic E-state index is 6.66. The van der Waals surface area contributed by atoms with E-state index in [0.29, 0.717) is 16.9 Å². The molecule has 0 aromatic rings. The Hall–Kier alpha value is -0.860. The highest BCUT2D eigenvalue weighted by atomic mass is 16.5. The van der Waals surface area contributed by atoms with Crippen LogP contribution in [0, 0.1) is 52.3 Å². The average Bonchev–Trinajstić information content (AvgIpc) is 3.57. The van der Waals surface area contributed by atoms with E-state index >= 15 is 0 Å². The number of hydrogen-bond acceptors (Lipinski definition) is 2. The first-order valence-electron chi connectivity index (χ1n) is 26.8. The van der Waals surface area contributed by atoms with E-state index in [-0.39, 0.29) is 0 Å². The van der Waals surface area contributed by atoms with Crippen molar-refractivity contribution in [2.75, 3.05) is 27.2 Å². The fraction of sp³-hybridized carbons (Fsp3) is 0.895.